The van der Waals surface area contributed by atoms with Gasteiger partial charge in [-0.1, -0.05) is 30.3 Å². The molecule has 172 valence electrons. The van der Waals surface area contributed by atoms with Crippen LogP contribution in [-0.4, -0.2) is 39.4 Å². The van der Waals surface area contributed by atoms with Crippen molar-refractivity contribution < 1.29 is 23.5 Å². The molecule has 0 aliphatic rings. The first-order valence-corrected chi connectivity index (χ1v) is 9.84. The summed E-state index contributed by atoms with van der Waals surface area (Å²) in [6, 6.07) is 10.7. The van der Waals surface area contributed by atoms with Crippen LogP contribution < -0.4 is 22.3 Å². The van der Waals surface area contributed by atoms with E-state index in [1.54, 1.807) is 30.3 Å². The molecule has 33 heavy (non-hydrogen) atoms. The standard InChI is InChI=1S/C22H22N4O7/c1-25-18(23)17(20(29)26(2)22(25)31)15(27)12-33-21(30)14(11-13-7-4-3-5-8-13)24-19(28)16-9-6-10-32-16/h3-10,14H,11-12,23H2,1-2H3,(H,24,28)/t14-/m1/s1. The SMILES string of the molecule is Cn1c(N)c(C(=O)COC(=O)[C@@H](Cc2ccccc2)NC(=O)c2ccco2)c(=O)n(C)c1=O. The van der Waals surface area contributed by atoms with Crippen molar-refractivity contribution in [3.05, 3.63) is 86.5 Å². The van der Waals surface area contributed by atoms with Gasteiger partial charge in [0.15, 0.2) is 12.4 Å². The lowest BCUT2D eigenvalue weighted by Crippen LogP contribution is -2.44. The van der Waals surface area contributed by atoms with Crippen LogP contribution in [0.15, 0.2) is 62.7 Å². The first-order valence-electron chi connectivity index (χ1n) is 9.84. The van der Waals surface area contributed by atoms with Gasteiger partial charge in [0.1, 0.15) is 17.4 Å². The number of carbonyl (C=O) groups is 3. The molecule has 0 saturated carbocycles. The highest BCUT2D eigenvalue weighted by atomic mass is 16.5. The fraction of sp³-hybridized carbons (Fsp3) is 0.227. The highest BCUT2D eigenvalue weighted by molar-refractivity contribution is 6.01. The Bertz CT molecular complexity index is 1290. The molecule has 0 fully saturated rings. The van der Waals surface area contributed by atoms with Gasteiger partial charge < -0.3 is 20.2 Å². The number of benzene rings is 1. The smallest absolute Gasteiger partial charge is 0.332 e. The number of ketones is 1. The number of nitrogen functional groups attached to an aromatic ring is 1. The lowest BCUT2D eigenvalue weighted by atomic mass is 10.1. The van der Waals surface area contributed by atoms with Gasteiger partial charge in [0.2, 0.25) is 5.78 Å². The topological polar surface area (TPSA) is 156 Å². The Kier molecular flexibility index (Phi) is 6.91. The van der Waals surface area contributed by atoms with Crippen molar-refractivity contribution in [2.24, 2.45) is 14.1 Å². The fourth-order valence-electron chi connectivity index (χ4n) is 3.11. The summed E-state index contributed by atoms with van der Waals surface area (Å²) in [7, 11) is 2.51. The Balaban J connectivity index is 1.78. The van der Waals surface area contributed by atoms with Crippen LogP contribution in [0.4, 0.5) is 5.82 Å². The minimum Gasteiger partial charge on any atom is -0.459 e. The maximum Gasteiger partial charge on any atom is 0.332 e. The van der Waals surface area contributed by atoms with E-state index in [1.165, 1.54) is 32.5 Å². The first kappa shape index (κ1) is 23.3. The summed E-state index contributed by atoms with van der Waals surface area (Å²) in [5, 5.41) is 2.53. The van der Waals surface area contributed by atoms with Crippen LogP contribution in [0.2, 0.25) is 0 Å². The number of Topliss-reactive ketones (excluding diaryl/α,β-unsaturated/α-hetero) is 1. The number of amides is 1. The average Bonchev–Trinajstić information content (AvgIpc) is 3.35. The van der Waals surface area contributed by atoms with Crippen LogP contribution in [0.3, 0.4) is 0 Å². The van der Waals surface area contributed by atoms with E-state index in [1.807, 2.05) is 0 Å². The number of nitrogens with one attached hydrogen (secondary N) is 1. The monoisotopic (exact) mass is 454 g/mol. The third kappa shape index (κ3) is 5.09. The Morgan fingerprint density at radius 2 is 1.76 bits per heavy atom. The van der Waals surface area contributed by atoms with Crippen molar-refractivity contribution in [2.45, 2.75) is 12.5 Å². The Labute approximate surface area is 187 Å². The zero-order valence-electron chi connectivity index (χ0n) is 17.9. The molecule has 0 bridgehead atoms. The molecule has 1 atom stereocenters. The van der Waals surface area contributed by atoms with E-state index in [2.05, 4.69) is 5.32 Å². The zero-order chi connectivity index (χ0) is 24.1. The number of esters is 1. The summed E-state index contributed by atoms with van der Waals surface area (Å²) >= 11 is 0. The Morgan fingerprint density at radius 1 is 1.06 bits per heavy atom. The number of nitrogens with zero attached hydrogens (tertiary/aromatic N) is 2. The summed E-state index contributed by atoms with van der Waals surface area (Å²) < 4.78 is 11.8. The molecule has 11 nitrogen and oxygen atoms in total. The predicted molar refractivity (Wildman–Crippen MR) is 117 cm³/mol. The molecule has 11 heteroatoms. The van der Waals surface area contributed by atoms with Gasteiger partial charge in [-0.05, 0) is 17.7 Å². The van der Waals surface area contributed by atoms with Gasteiger partial charge in [-0.2, -0.15) is 0 Å². The van der Waals surface area contributed by atoms with Crippen LogP contribution in [-0.2, 0) is 30.0 Å². The number of rotatable bonds is 8. The number of carbonyl (C=O) groups excluding carboxylic acids is 3. The minimum atomic E-state index is -1.14. The number of hydrogen-bond donors (Lipinski definition) is 2. The molecule has 0 aliphatic carbocycles. The maximum absolute atomic E-state index is 12.8. The van der Waals surface area contributed by atoms with Crippen LogP contribution in [0.25, 0.3) is 0 Å². The average molecular weight is 454 g/mol. The number of ether oxygens (including phenoxy) is 1. The van der Waals surface area contributed by atoms with E-state index in [4.69, 9.17) is 14.9 Å². The van der Waals surface area contributed by atoms with Gasteiger partial charge >= 0.3 is 11.7 Å². The lowest BCUT2D eigenvalue weighted by molar-refractivity contribution is -0.144. The van der Waals surface area contributed by atoms with E-state index in [0.29, 0.717) is 0 Å². The van der Waals surface area contributed by atoms with Gasteiger partial charge in [0.05, 0.1) is 6.26 Å². The largest absolute Gasteiger partial charge is 0.459 e. The van der Waals surface area contributed by atoms with Crippen molar-refractivity contribution in [1.29, 1.82) is 0 Å². The Hall–Kier alpha value is -4.41. The molecule has 2 aromatic heterocycles. The summed E-state index contributed by atoms with van der Waals surface area (Å²) in [4.78, 5) is 62.0. The molecule has 0 aliphatic heterocycles. The third-order valence-corrected chi connectivity index (χ3v) is 4.95. The van der Waals surface area contributed by atoms with Crippen LogP contribution in [0.5, 0.6) is 0 Å². The molecule has 1 amide bonds. The van der Waals surface area contributed by atoms with Crippen molar-refractivity contribution >= 4 is 23.5 Å². The predicted octanol–water partition coefficient (Wildman–Crippen LogP) is 0.0264. The third-order valence-electron chi connectivity index (χ3n) is 4.95. The number of nitrogens with two attached hydrogens (primary N) is 1. The van der Waals surface area contributed by atoms with Gasteiger partial charge in [-0.25, -0.2) is 9.59 Å². The van der Waals surface area contributed by atoms with Crippen molar-refractivity contribution in [2.75, 3.05) is 12.3 Å². The Morgan fingerprint density at radius 3 is 2.39 bits per heavy atom. The molecule has 0 saturated heterocycles. The highest BCUT2D eigenvalue weighted by Gasteiger charge is 2.27. The van der Waals surface area contributed by atoms with Gasteiger partial charge in [-0.3, -0.25) is 23.5 Å². The number of hydrogen-bond acceptors (Lipinski definition) is 8. The molecule has 3 N–H and O–H groups in total. The van der Waals surface area contributed by atoms with Crippen LogP contribution in [0, 0.1) is 0 Å². The van der Waals surface area contributed by atoms with Crippen molar-refractivity contribution in [3.63, 3.8) is 0 Å². The molecule has 3 rings (SSSR count). The fourth-order valence-corrected chi connectivity index (χ4v) is 3.11. The first-order chi connectivity index (χ1) is 15.7. The quantitative estimate of drug-likeness (QED) is 0.357. The molecular weight excluding hydrogens is 432 g/mol. The molecule has 0 radical (unpaired) electrons. The van der Waals surface area contributed by atoms with Crippen LogP contribution >= 0.6 is 0 Å². The summed E-state index contributed by atoms with van der Waals surface area (Å²) in [6.45, 7) is -0.807. The van der Waals surface area contributed by atoms with E-state index < -0.39 is 47.1 Å². The lowest BCUT2D eigenvalue weighted by Gasteiger charge is -2.17. The van der Waals surface area contributed by atoms with Crippen molar-refractivity contribution in [3.8, 4) is 0 Å². The maximum atomic E-state index is 12.8. The molecular formula is C22H22N4O7. The van der Waals surface area contributed by atoms with E-state index in [-0.39, 0.29) is 18.0 Å². The second-order valence-electron chi connectivity index (χ2n) is 7.19. The summed E-state index contributed by atoms with van der Waals surface area (Å²) in [6.07, 6.45) is 1.40. The zero-order valence-corrected chi connectivity index (χ0v) is 17.9. The second-order valence-corrected chi connectivity index (χ2v) is 7.19. The molecule has 3 aromatic rings. The van der Waals surface area contributed by atoms with E-state index in [9.17, 15) is 24.0 Å². The molecule has 2 heterocycles. The van der Waals surface area contributed by atoms with Gasteiger partial charge in [0.25, 0.3) is 11.5 Å². The van der Waals surface area contributed by atoms with Crippen molar-refractivity contribution in [1.82, 2.24) is 14.5 Å². The highest BCUT2D eigenvalue weighted by Crippen LogP contribution is 2.09. The molecule has 0 unspecified atom stereocenters. The molecule has 1 aromatic carbocycles. The number of anilines is 1. The normalized spacial score (nSPS) is 11.6. The van der Waals surface area contributed by atoms with Gasteiger partial charge in [0, 0.05) is 20.5 Å². The van der Waals surface area contributed by atoms with E-state index in [0.717, 1.165) is 14.7 Å². The summed E-state index contributed by atoms with van der Waals surface area (Å²) in [5.74, 6) is -2.75. The van der Waals surface area contributed by atoms with E-state index >= 15 is 0 Å². The van der Waals surface area contributed by atoms with Crippen LogP contribution in [0.1, 0.15) is 26.5 Å². The number of furan rings is 1. The minimum absolute atomic E-state index is 0.00147. The second kappa shape index (κ2) is 9.81. The summed E-state index contributed by atoms with van der Waals surface area (Å²) in [5.41, 5.74) is 4.44. The number of aromatic nitrogens is 2. The molecule has 0 spiro atoms. The van der Waals surface area contributed by atoms with Gasteiger partial charge in [-0.15, -0.1) is 0 Å².